The third kappa shape index (κ3) is 7.14. The molecule has 0 amide bonds. The smallest absolute Gasteiger partial charge is 0.164 e. The van der Waals surface area contributed by atoms with E-state index in [2.05, 4.69) is 54.6 Å². The van der Waals surface area contributed by atoms with Crippen molar-refractivity contribution < 1.29 is 4.57 Å². The molecule has 0 bridgehead atoms. The molecule has 1 unspecified atom stereocenters. The minimum absolute atomic E-state index is 0.525. The predicted octanol–water partition coefficient (Wildman–Crippen LogP) is 12.3. The van der Waals surface area contributed by atoms with Crippen LogP contribution in [-0.4, -0.2) is 36.6 Å². The fourth-order valence-electron chi connectivity index (χ4n) is 8.35. The molecule has 1 atom stereocenters. The summed E-state index contributed by atoms with van der Waals surface area (Å²) in [6, 6.07) is 69.0. The van der Waals surface area contributed by atoms with Crippen molar-refractivity contribution in [3.8, 4) is 102 Å². The lowest BCUT2D eigenvalue weighted by Crippen LogP contribution is -2.08. The topological polar surface area (TPSA) is 94.4 Å². The molecule has 3 heterocycles. The number of rotatable bonds is 8. The van der Waals surface area contributed by atoms with Crippen molar-refractivity contribution in [1.82, 2.24) is 29.9 Å². The molecule has 0 fully saturated rings. The Hall–Kier alpha value is -7.99. The lowest BCUT2D eigenvalue weighted by atomic mass is 9.92. The maximum Gasteiger partial charge on any atom is 0.164 e. The minimum Gasteiger partial charge on any atom is -0.314 e. The molecule has 8 aromatic carbocycles. The SMILES string of the molecule is CP1(=O)c2ccccc2-c2ccc(-c3ccc(-c4cccc(-c5nc(-c6ccccc6)nc(-c6ccccc6)n5)c4)cc3-c3nc(-c4ccccc4)nc(-c4ccccc4)n3)cc21. The zero-order chi connectivity index (χ0) is 42.3. The number of hydrogen-bond donors (Lipinski definition) is 0. The van der Waals surface area contributed by atoms with E-state index in [1.807, 2.05) is 158 Å². The van der Waals surface area contributed by atoms with Gasteiger partial charge >= 0.3 is 0 Å². The number of nitrogens with zero attached hydrogens (tertiary/aromatic N) is 6. The van der Waals surface area contributed by atoms with Crippen LogP contribution in [0, 0.1) is 0 Å². The Balaban J connectivity index is 1.10. The molecule has 10 aromatic rings. The molecule has 11 rings (SSSR count). The first-order valence-corrected chi connectivity index (χ1v) is 22.9. The van der Waals surface area contributed by atoms with Crippen molar-refractivity contribution >= 4 is 17.8 Å². The molecule has 1 aliphatic heterocycles. The second kappa shape index (κ2) is 15.8. The molecular formula is C55H37N6OP. The average Bonchev–Trinajstić information content (AvgIpc) is 3.59. The van der Waals surface area contributed by atoms with E-state index in [9.17, 15) is 4.57 Å². The lowest BCUT2D eigenvalue weighted by molar-refractivity contribution is 0.591. The molecule has 0 N–H and O–H groups in total. The van der Waals surface area contributed by atoms with E-state index in [1.54, 1.807) is 0 Å². The van der Waals surface area contributed by atoms with E-state index in [0.29, 0.717) is 34.9 Å². The largest absolute Gasteiger partial charge is 0.314 e. The summed E-state index contributed by atoms with van der Waals surface area (Å²) in [6.45, 7) is 1.88. The highest BCUT2D eigenvalue weighted by atomic mass is 31.2. The van der Waals surface area contributed by atoms with E-state index in [0.717, 1.165) is 77.4 Å². The predicted molar refractivity (Wildman–Crippen MR) is 255 cm³/mol. The Morgan fingerprint density at radius 1 is 0.270 bits per heavy atom. The normalized spacial score (nSPS) is 13.9. The molecule has 1 aliphatic rings. The molecule has 0 spiro atoms. The first kappa shape index (κ1) is 38.0. The van der Waals surface area contributed by atoms with Gasteiger partial charge in [0.1, 0.15) is 7.14 Å². The third-order valence-electron chi connectivity index (χ3n) is 11.5. The maximum absolute atomic E-state index is 14.5. The van der Waals surface area contributed by atoms with Crippen LogP contribution in [0.2, 0.25) is 0 Å². The van der Waals surface area contributed by atoms with Gasteiger partial charge in [-0.1, -0.05) is 188 Å². The van der Waals surface area contributed by atoms with Crippen LogP contribution in [0.25, 0.3) is 102 Å². The van der Waals surface area contributed by atoms with Gasteiger partial charge < -0.3 is 4.57 Å². The summed E-state index contributed by atoms with van der Waals surface area (Å²) < 4.78 is 14.5. The van der Waals surface area contributed by atoms with Gasteiger partial charge in [0.2, 0.25) is 0 Å². The molecule has 0 radical (unpaired) electrons. The maximum atomic E-state index is 14.5. The van der Waals surface area contributed by atoms with Crippen LogP contribution in [0.3, 0.4) is 0 Å². The zero-order valence-electron chi connectivity index (χ0n) is 34.2. The first-order valence-electron chi connectivity index (χ1n) is 20.8. The first-order chi connectivity index (χ1) is 31.0. The molecule has 298 valence electrons. The highest BCUT2D eigenvalue weighted by Gasteiger charge is 2.34. The highest BCUT2D eigenvalue weighted by Crippen LogP contribution is 2.51. The summed E-state index contributed by atoms with van der Waals surface area (Å²) in [5, 5.41) is 1.76. The molecule has 2 aromatic heterocycles. The molecular weight excluding hydrogens is 792 g/mol. The number of aromatic nitrogens is 6. The average molecular weight is 829 g/mol. The summed E-state index contributed by atoms with van der Waals surface area (Å²) in [5.41, 5.74) is 11.0. The lowest BCUT2D eigenvalue weighted by Gasteiger charge is -2.16. The fraction of sp³-hybridized carbons (Fsp3) is 0.0182. The van der Waals surface area contributed by atoms with E-state index in [4.69, 9.17) is 29.9 Å². The van der Waals surface area contributed by atoms with Crippen LogP contribution in [0.1, 0.15) is 0 Å². The van der Waals surface area contributed by atoms with Crippen LogP contribution < -0.4 is 10.6 Å². The number of fused-ring (bicyclic) bond motifs is 3. The van der Waals surface area contributed by atoms with Gasteiger partial charge in [-0.3, -0.25) is 0 Å². The summed E-state index contributed by atoms with van der Waals surface area (Å²) in [7, 11) is -2.85. The Bertz CT molecular complexity index is 3270. The van der Waals surface area contributed by atoms with E-state index in [1.165, 1.54) is 0 Å². The van der Waals surface area contributed by atoms with Gasteiger partial charge in [-0.05, 0) is 58.2 Å². The van der Waals surface area contributed by atoms with Gasteiger partial charge in [-0.2, -0.15) is 0 Å². The van der Waals surface area contributed by atoms with Gasteiger partial charge in [0.15, 0.2) is 34.9 Å². The third-order valence-corrected chi connectivity index (χ3v) is 14.1. The van der Waals surface area contributed by atoms with Crippen molar-refractivity contribution in [2.75, 3.05) is 6.66 Å². The fourth-order valence-corrected chi connectivity index (χ4v) is 10.7. The molecule has 8 heteroatoms. The molecule has 0 saturated carbocycles. The van der Waals surface area contributed by atoms with E-state index in [-0.39, 0.29) is 0 Å². The van der Waals surface area contributed by atoms with Crippen molar-refractivity contribution in [2.45, 2.75) is 0 Å². The Morgan fingerprint density at radius 3 is 1.19 bits per heavy atom. The molecule has 63 heavy (non-hydrogen) atoms. The zero-order valence-corrected chi connectivity index (χ0v) is 35.1. The van der Waals surface area contributed by atoms with Gasteiger partial charge in [-0.25, -0.2) is 29.9 Å². The van der Waals surface area contributed by atoms with Crippen molar-refractivity contribution in [3.05, 3.63) is 206 Å². The molecule has 0 aliphatic carbocycles. The van der Waals surface area contributed by atoms with Crippen LogP contribution in [0.15, 0.2) is 206 Å². The van der Waals surface area contributed by atoms with Crippen LogP contribution >= 0.6 is 7.14 Å². The second-order valence-corrected chi connectivity index (χ2v) is 18.4. The van der Waals surface area contributed by atoms with Gasteiger partial charge in [0, 0.05) is 44.0 Å². The van der Waals surface area contributed by atoms with Crippen LogP contribution in [-0.2, 0) is 4.57 Å². The Kier molecular flexibility index (Phi) is 9.52. The number of hydrogen-bond acceptors (Lipinski definition) is 7. The molecule has 0 saturated heterocycles. The highest BCUT2D eigenvalue weighted by molar-refractivity contribution is 7.79. The van der Waals surface area contributed by atoms with E-state index < -0.39 is 7.14 Å². The molecule has 7 nitrogen and oxygen atoms in total. The summed E-state index contributed by atoms with van der Waals surface area (Å²) >= 11 is 0. The van der Waals surface area contributed by atoms with Crippen molar-refractivity contribution in [2.24, 2.45) is 0 Å². The summed E-state index contributed by atoms with van der Waals surface area (Å²) in [4.78, 5) is 30.3. The van der Waals surface area contributed by atoms with Gasteiger partial charge in [0.05, 0.1) is 0 Å². The standard InChI is InChI=1S/C55H37N6OP/c1-63(62)48-28-15-14-27-45(48)46-32-30-42(35-49(46)63)44-31-29-41(34-47(44)55-60-52(38-21-10-4-11-22-38)57-53(61-55)39-23-12-5-13-24-39)40-25-16-26-43(33-40)54-58-50(36-17-6-2-7-18-36)56-51(59-54)37-19-8-3-9-20-37/h2-35H,1H3. The summed E-state index contributed by atoms with van der Waals surface area (Å²) in [6.07, 6.45) is 0. The number of benzene rings is 8. The monoisotopic (exact) mass is 828 g/mol. The van der Waals surface area contributed by atoms with Crippen molar-refractivity contribution in [3.63, 3.8) is 0 Å². The van der Waals surface area contributed by atoms with Crippen molar-refractivity contribution in [1.29, 1.82) is 0 Å². The van der Waals surface area contributed by atoms with Crippen LogP contribution in [0.5, 0.6) is 0 Å². The minimum atomic E-state index is -2.85. The Morgan fingerprint density at radius 2 is 0.651 bits per heavy atom. The van der Waals surface area contributed by atoms with Gasteiger partial charge in [0.25, 0.3) is 0 Å². The summed E-state index contributed by atoms with van der Waals surface area (Å²) in [5.74, 6) is 3.43. The van der Waals surface area contributed by atoms with Gasteiger partial charge in [-0.15, -0.1) is 0 Å². The quantitative estimate of drug-likeness (QED) is 0.141. The van der Waals surface area contributed by atoms with Crippen LogP contribution in [0.4, 0.5) is 0 Å². The second-order valence-electron chi connectivity index (χ2n) is 15.6. The Labute approximate surface area is 365 Å². The van der Waals surface area contributed by atoms with E-state index >= 15 is 0 Å².